The second-order valence-electron chi connectivity index (χ2n) is 5.64. The summed E-state index contributed by atoms with van der Waals surface area (Å²) >= 11 is 0. The van der Waals surface area contributed by atoms with Gasteiger partial charge in [-0.2, -0.15) is 0 Å². The Morgan fingerprint density at radius 1 is 1.08 bits per heavy atom. The average Bonchev–Trinajstić information content (AvgIpc) is 3.13. The van der Waals surface area contributed by atoms with Crippen molar-refractivity contribution in [3.63, 3.8) is 0 Å². The quantitative estimate of drug-likeness (QED) is 0.483. The van der Waals surface area contributed by atoms with E-state index in [1.165, 1.54) is 31.2 Å². The van der Waals surface area contributed by atoms with Crippen molar-refractivity contribution in [2.75, 3.05) is 25.0 Å². The maximum atomic E-state index is 12.0. The maximum absolute atomic E-state index is 12.0. The Kier molecular flexibility index (Phi) is 6.64. The lowest BCUT2D eigenvalue weighted by atomic mass is 10.2. The molecule has 0 spiro atoms. The fraction of sp³-hybridized carbons (Fsp3) is 0.412. The zero-order valence-electron chi connectivity index (χ0n) is 14.0. The summed E-state index contributed by atoms with van der Waals surface area (Å²) in [6, 6.07) is 6.15. The third-order valence-electron chi connectivity index (χ3n) is 3.66. The zero-order valence-corrected chi connectivity index (χ0v) is 14.0. The number of anilines is 1. The highest BCUT2D eigenvalue weighted by molar-refractivity contribution is 6.39. The molecular formula is C17H21N3O5. The molecule has 1 saturated heterocycles. The topological polar surface area (TPSA) is 114 Å². The number of rotatable bonds is 7. The number of hydrogen-bond donors (Lipinski definition) is 3. The smallest absolute Gasteiger partial charge is 0.291 e. The number of Topliss-reactive ketones (excluding diaryl/α,β-unsaturated/α-hetero) is 1. The van der Waals surface area contributed by atoms with Crippen molar-refractivity contribution in [3.8, 4) is 0 Å². The Balaban J connectivity index is 1.72. The minimum atomic E-state index is -0.709. The Morgan fingerprint density at radius 2 is 1.76 bits per heavy atom. The average molecular weight is 347 g/mol. The van der Waals surface area contributed by atoms with Gasteiger partial charge in [0.25, 0.3) is 11.8 Å². The molecule has 8 heteroatoms. The van der Waals surface area contributed by atoms with Gasteiger partial charge in [-0.15, -0.1) is 0 Å². The summed E-state index contributed by atoms with van der Waals surface area (Å²) in [7, 11) is 0. The molecule has 0 radical (unpaired) electrons. The number of carbonyl (C=O) groups excluding carboxylic acids is 4. The van der Waals surface area contributed by atoms with Crippen LogP contribution in [-0.2, 0) is 19.1 Å². The van der Waals surface area contributed by atoms with Gasteiger partial charge < -0.3 is 20.7 Å². The molecule has 25 heavy (non-hydrogen) atoms. The normalized spacial score (nSPS) is 16.1. The van der Waals surface area contributed by atoms with Crippen molar-refractivity contribution in [1.82, 2.24) is 10.6 Å². The summed E-state index contributed by atoms with van der Waals surface area (Å²) < 4.78 is 5.27. The molecule has 134 valence electrons. The van der Waals surface area contributed by atoms with Crippen molar-refractivity contribution in [2.24, 2.45) is 0 Å². The van der Waals surface area contributed by atoms with Crippen LogP contribution in [0.2, 0.25) is 0 Å². The van der Waals surface area contributed by atoms with E-state index in [2.05, 4.69) is 16.0 Å². The van der Waals surface area contributed by atoms with Gasteiger partial charge in [-0.25, -0.2) is 0 Å². The van der Waals surface area contributed by atoms with Gasteiger partial charge in [0.2, 0.25) is 11.7 Å². The molecule has 0 bridgehead atoms. The molecule has 1 unspecified atom stereocenters. The van der Waals surface area contributed by atoms with E-state index in [9.17, 15) is 19.2 Å². The van der Waals surface area contributed by atoms with E-state index in [-0.39, 0.29) is 17.9 Å². The Bertz CT molecular complexity index is 651. The van der Waals surface area contributed by atoms with Gasteiger partial charge in [0, 0.05) is 37.9 Å². The van der Waals surface area contributed by atoms with E-state index >= 15 is 0 Å². The van der Waals surface area contributed by atoms with Crippen LogP contribution in [-0.4, -0.2) is 49.3 Å². The molecule has 0 aliphatic carbocycles. The van der Waals surface area contributed by atoms with Gasteiger partial charge in [-0.1, -0.05) is 0 Å². The summed E-state index contributed by atoms with van der Waals surface area (Å²) in [5, 5.41) is 7.82. The van der Waals surface area contributed by atoms with E-state index < -0.39 is 11.7 Å². The van der Waals surface area contributed by atoms with Crippen molar-refractivity contribution < 1.29 is 23.9 Å². The molecule has 8 nitrogen and oxygen atoms in total. The molecule has 1 aromatic rings. The van der Waals surface area contributed by atoms with Gasteiger partial charge >= 0.3 is 0 Å². The number of nitrogens with one attached hydrogen (secondary N) is 3. The second-order valence-corrected chi connectivity index (χ2v) is 5.64. The number of benzene rings is 1. The molecule has 1 fully saturated rings. The molecule has 0 aromatic heterocycles. The highest BCUT2D eigenvalue weighted by atomic mass is 16.5. The van der Waals surface area contributed by atoms with E-state index in [0.717, 1.165) is 12.8 Å². The van der Waals surface area contributed by atoms with Crippen LogP contribution in [0.4, 0.5) is 5.69 Å². The number of hydrogen-bond acceptors (Lipinski definition) is 5. The number of amides is 3. The van der Waals surface area contributed by atoms with Crippen LogP contribution in [0.1, 0.15) is 30.1 Å². The first-order valence-electron chi connectivity index (χ1n) is 8.07. The van der Waals surface area contributed by atoms with Crippen LogP contribution in [0, 0.1) is 0 Å². The van der Waals surface area contributed by atoms with E-state index in [4.69, 9.17) is 4.74 Å². The van der Waals surface area contributed by atoms with Crippen LogP contribution in [0.15, 0.2) is 24.3 Å². The van der Waals surface area contributed by atoms with Gasteiger partial charge in [0.1, 0.15) is 6.10 Å². The van der Waals surface area contributed by atoms with Crippen molar-refractivity contribution >= 4 is 29.2 Å². The van der Waals surface area contributed by atoms with E-state index in [0.29, 0.717) is 30.9 Å². The molecule has 0 saturated carbocycles. The SMILES string of the molecule is CC(=O)C(=O)Nc1ccc(C(=O)NCCNC(=O)C2CCCO2)cc1. The minimum absolute atomic E-state index is 0.155. The lowest BCUT2D eigenvalue weighted by Crippen LogP contribution is -2.39. The molecule has 2 rings (SSSR count). The maximum Gasteiger partial charge on any atom is 0.291 e. The number of ketones is 1. The molecule has 1 atom stereocenters. The molecule has 1 aliphatic rings. The lowest BCUT2D eigenvalue weighted by Gasteiger charge is -2.11. The van der Waals surface area contributed by atoms with Crippen molar-refractivity contribution in [1.29, 1.82) is 0 Å². The summed E-state index contributed by atoms with van der Waals surface area (Å²) in [5.41, 5.74) is 0.840. The van der Waals surface area contributed by atoms with Crippen molar-refractivity contribution in [3.05, 3.63) is 29.8 Å². The third-order valence-corrected chi connectivity index (χ3v) is 3.66. The van der Waals surface area contributed by atoms with Gasteiger partial charge in [0.15, 0.2) is 0 Å². The van der Waals surface area contributed by atoms with Crippen LogP contribution in [0.5, 0.6) is 0 Å². The van der Waals surface area contributed by atoms with Gasteiger partial charge in [-0.3, -0.25) is 19.2 Å². The predicted octanol–water partition coefficient (Wildman–Crippen LogP) is 0.239. The summed E-state index contributed by atoms with van der Waals surface area (Å²) in [6.07, 6.45) is 1.23. The van der Waals surface area contributed by atoms with Crippen LogP contribution >= 0.6 is 0 Å². The van der Waals surface area contributed by atoms with Crippen molar-refractivity contribution in [2.45, 2.75) is 25.9 Å². The first-order valence-corrected chi connectivity index (χ1v) is 8.07. The first kappa shape index (κ1) is 18.6. The zero-order chi connectivity index (χ0) is 18.2. The summed E-state index contributed by atoms with van der Waals surface area (Å²) in [6.45, 7) is 2.39. The molecule has 1 aromatic carbocycles. The molecule has 1 heterocycles. The minimum Gasteiger partial charge on any atom is -0.368 e. The number of ether oxygens (including phenoxy) is 1. The fourth-order valence-electron chi connectivity index (χ4n) is 2.29. The predicted molar refractivity (Wildman–Crippen MR) is 90.1 cm³/mol. The highest BCUT2D eigenvalue weighted by Gasteiger charge is 2.22. The molecule has 3 amide bonds. The van der Waals surface area contributed by atoms with Crippen LogP contribution in [0.25, 0.3) is 0 Å². The van der Waals surface area contributed by atoms with E-state index in [1.54, 1.807) is 0 Å². The molecular weight excluding hydrogens is 326 g/mol. The third kappa shape index (κ3) is 5.68. The Labute approximate surface area is 145 Å². The fourth-order valence-corrected chi connectivity index (χ4v) is 2.29. The van der Waals surface area contributed by atoms with Gasteiger partial charge in [-0.05, 0) is 37.1 Å². The lowest BCUT2D eigenvalue weighted by molar-refractivity contribution is -0.133. The molecule has 3 N–H and O–H groups in total. The monoisotopic (exact) mass is 347 g/mol. The van der Waals surface area contributed by atoms with E-state index in [1.807, 2.05) is 0 Å². The summed E-state index contributed by atoms with van der Waals surface area (Å²) in [4.78, 5) is 45.9. The summed E-state index contributed by atoms with van der Waals surface area (Å²) in [5.74, 6) is -1.75. The first-order chi connectivity index (χ1) is 12.0. The highest BCUT2D eigenvalue weighted by Crippen LogP contribution is 2.11. The van der Waals surface area contributed by atoms with Crippen LogP contribution < -0.4 is 16.0 Å². The number of carbonyl (C=O) groups is 4. The Hall–Kier alpha value is -2.74. The second kappa shape index (κ2) is 8.93. The standard InChI is InChI=1S/C17H21N3O5/c1-11(21)15(22)20-13-6-4-12(5-7-13)16(23)18-8-9-19-17(24)14-3-2-10-25-14/h4-7,14H,2-3,8-10H2,1H3,(H,18,23)(H,19,24)(H,20,22). The molecule has 1 aliphatic heterocycles. The van der Waals surface area contributed by atoms with Gasteiger partial charge in [0.05, 0.1) is 0 Å². The largest absolute Gasteiger partial charge is 0.368 e. The Morgan fingerprint density at radius 3 is 2.36 bits per heavy atom. The van der Waals surface area contributed by atoms with Crippen LogP contribution in [0.3, 0.4) is 0 Å².